The Hall–Kier alpha value is -2.45. The summed E-state index contributed by atoms with van der Waals surface area (Å²) in [6.07, 6.45) is 0.797. The third-order valence-electron chi connectivity index (χ3n) is 3.97. The van der Waals surface area contributed by atoms with E-state index in [1.54, 1.807) is 6.07 Å². The lowest BCUT2D eigenvalue weighted by Gasteiger charge is -2.17. The summed E-state index contributed by atoms with van der Waals surface area (Å²) in [5, 5.41) is 13.0. The molecule has 0 radical (unpaired) electrons. The highest BCUT2D eigenvalue weighted by molar-refractivity contribution is 6.05. The topological polar surface area (TPSA) is 75.0 Å². The van der Waals surface area contributed by atoms with Crippen LogP contribution in [0.2, 0.25) is 0 Å². The summed E-state index contributed by atoms with van der Waals surface area (Å²) in [6.45, 7) is 3.06. The van der Waals surface area contributed by atoms with Gasteiger partial charge in [0.2, 0.25) is 0 Å². The number of rotatable bonds is 3. The largest absolute Gasteiger partial charge is 0.381 e. The van der Waals surface area contributed by atoms with Crippen LogP contribution in [0.4, 0.5) is 0 Å². The molecule has 112 valence electrons. The third kappa shape index (κ3) is 2.78. The number of pyridine rings is 1. The molecule has 1 aliphatic heterocycles. The summed E-state index contributed by atoms with van der Waals surface area (Å²) >= 11 is 0. The average molecular weight is 295 g/mol. The highest BCUT2D eigenvalue weighted by Gasteiger charge is 2.27. The molecule has 5 nitrogen and oxygen atoms in total. The van der Waals surface area contributed by atoms with Crippen molar-refractivity contribution in [1.82, 2.24) is 10.3 Å². The SMILES string of the molecule is Cc1ccc2cccc(C(=O)N[C@@H](C#N)[C@H]3CCOC3)c2n1. The second-order valence-corrected chi connectivity index (χ2v) is 5.53. The van der Waals surface area contributed by atoms with Gasteiger partial charge in [-0.3, -0.25) is 9.78 Å². The van der Waals surface area contributed by atoms with Crippen LogP contribution in [0.3, 0.4) is 0 Å². The first kappa shape index (κ1) is 14.5. The van der Waals surface area contributed by atoms with Crippen molar-refractivity contribution in [2.24, 2.45) is 5.92 Å². The van der Waals surface area contributed by atoms with Crippen molar-refractivity contribution in [2.45, 2.75) is 19.4 Å². The Morgan fingerprint density at radius 3 is 3.05 bits per heavy atom. The lowest BCUT2D eigenvalue weighted by Crippen LogP contribution is -2.39. The molecule has 0 saturated carbocycles. The second-order valence-electron chi connectivity index (χ2n) is 5.53. The number of nitriles is 1. The van der Waals surface area contributed by atoms with E-state index >= 15 is 0 Å². The van der Waals surface area contributed by atoms with Gasteiger partial charge in [-0.15, -0.1) is 0 Å². The molecular formula is C17H17N3O2. The van der Waals surface area contributed by atoms with E-state index in [-0.39, 0.29) is 11.8 Å². The molecule has 22 heavy (non-hydrogen) atoms. The van der Waals surface area contributed by atoms with Crippen LogP contribution >= 0.6 is 0 Å². The predicted molar refractivity (Wildman–Crippen MR) is 82.3 cm³/mol. The van der Waals surface area contributed by atoms with Crippen LogP contribution in [0.15, 0.2) is 30.3 Å². The van der Waals surface area contributed by atoms with Crippen LogP contribution in [0.1, 0.15) is 22.5 Å². The summed E-state index contributed by atoms with van der Waals surface area (Å²) in [5.41, 5.74) is 2.02. The molecule has 0 unspecified atom stereocenters. The van der Waals surface area contributed by atoms with E-state index in [1.165, 1.54) is 0 Å². The first-order chi connectivity index (χ1) is 10.7. The molecule has 3 rings (SSSR count). The molecule has 1 fully saturated rings. The van der Waals surface area contributed by atoms with E-state index in [1.807, 2.05) is 31.2 Å². The van der Waals surface area contributed by atoms with Crippen LogP contribution in [0.25, 0.3) is 10.9 Å². The minimum Gasteiger partial charge on any atom is -0.381 e. The lowest BCUT2D eigenvalue weighted by molar-refractivity contribution is 0.0932. The highest BCUT2D eigenvalue weighted by Crippen LogP contribution is 2.20. The molecule has 2 atom stereocenters. The summed E-state index contributed by atoms with van der Waals surface area (Å²) in [4.78, 5) is 17.0. The number of nitrogens with zero attached hydrogens (tertiary/aromatic N) is 2. The van der Waals surface area contributed by atoms with E-state index in [4.69, 9.17) is 4.74 Å². The van der Waals surface area contributed by atoms with Gasteiger partial charge in [-0.05, 0) is 25.5 Å². The standard InChI is InChI=1S/C17H17N3O2/c1-11-5-6-12-3-2-4-14(16(12)19-11)17(21)20-15(9-18)13-7-8-22-10-13/h2-6,13,15H,7-8,10H2,1H3,(H,20,21)/t13-,15-/m0/s1. The molecule has 1 aliphatic rings. The van der Waals surface area contributed by atoms with Gasteiger partial charge in [0, 0.05) is 23.6 Å². The third-order valence-corrected chi connectivity index (χ3v) is 3.97. The molecule has 1 aromatic heterocycles. The molecule has 2 aromatic rings. The number of hydrogen-bond acceptors (Lipinski definition) is 4. The van der Waals surface area contributed by atoms with Gasteiger partial charge in [-0.1, -0.05) is 18.2 Å². The fourth-order valence-electron chi connectivity index (χ4n) is 2.72. The van der Waals surface area contributed by atoms with E-state index in [0.29, 0.717) is 24.3 Å². The van der Waals surface area contributed by atoms with Crippen LogP contribution in [0.5, 0.6) is 0 Å². The molecule has 1 amide bonds. The Bertz CT molecular complexity index is 745. The fourth-order valence-corrected chi connectivity index (χ4v) is 2.72. The number of fused-ring (bicyclic) bond motifs is 1. The zero-order chi connectivity index (χ0) is 15.5. The van der Waals surface area contributed by atoms with Gasteiger partial charge in [-0.2, -0.15) is 5.26 Å². The van der Waals surface area contributed by atoms with Crippen molar-refractivity contribution in [2.75, 3.05) is 13.2 Å². The maximum absolute atomic E-state index is 12.6. The normalized spacial score (nSPS) is 18.8. The van der Waals surface area contributed by atoms with E-state index in [9.17, 15) is 10.1 Å². The molecule has 1 saturated heterocycles. The van der Waals surface area contributed by atoms with E-state index in [0.717, 1.165) is 17.5 Å². The van der Waals surface area contributed by atoms with Crippen molar-refractivity contribution in [3.05, 3.63) is 41.6 Å². The highest BCUT2D eigenvalue weighted by atomic mass is 16.5. The van der Waals surface area contributed by atoms with Crippen LogP contribution < -0.4 is 5.32 Å². The number of carbonyl (C=O) groups excluding carboxylic acids is 1. The summed E-state index contributed by atoms with van der Waals surface area (Å²) < 4.78 is 5.30. The Labute approximate surface area is 128 Å². The van der Waals surface area contributed by atoms with Gasteiger partial charge < -0.3 is 10.1 Å². The van der Waals surface area contributed by atoms with Crippen molar-refractivity contribution < 1.29 is 9.53 Å². The van der Waals surface area contributed by atoms with E-state index in [2.05, 4.69) is 16.4 Å². The number of carbonyl (C=O) groups is 1. The van der Waals surface area contributed by atoms with Gasteiger partial charge in [0.25, 0.3) is 5.91 Å². The average Bonchev–Trinajstić information content (AvgIpc) is 3.06. The molecular weight excluding hydrogens is 278 g/mol. The first-order valence-corrected chi connectivity index (χ1v) is 7.33. The Kier molecular flexibility index (Phi) is 4.03. The number of nitrogens with one attached hydrogen (secondary N) is 1. The molecule has 2 heterocycles. The first-order valence-electron chi connectivity index (χ1n) is 7.33. The number of para-hydroxylation sites is 1. The fraction of sp³-hybridized carbons (Fsp3) is 0.353. The Balaban J connectivity index is 1.88. The number of ether oxygens (including phenoxy) is 1. The molecule has 0 bridgehead atoms. The van der Waals surface area contributed by atoms with Crippen molar-refractivity contribution in [3.8, 4) is 6.07 Å². The predicted octanol–water partition coefficient (Wildman–Crippen LogP) is 2.20. The van der Waals surface area contributed by atoms with Crippen molar-refractivity contribution >= 4 is 16.8 Å². The van der Waals surface area contributed by atoms with Gasteiger partial charge >= 0.3 is 0 Å². The maximum atomic E-state index is 12.6. The van der Waals surface area contributed by atoms with Gasteiger partial charge in [0.1, 0.15) is 6.04 Å². The second kappa shape index (κ2) is 6.12. The quantitative estimate of drug-likeness (QED) is 0.942. The van der Waals surface area contributed by atoms with Gasteiger partial charge in [0.15, 0.2) is 0 Å². The zero-order valence-electron chi connectivity index (χ0n) is 12.4. The van der Waals surface area contributed by atoms with Crippen LogP contribution in [-0.2, 0) is 4.74 Å². The molecule has 5 heteroatoms. The van der Waals surface area contributed by atoms with Crippen LogP contribution in [0, 0.1) is 24.2 Å². The van der Waals surface area contributed by atoms with Crippen molar-refractivity contribution in [3.63, 3.8) is 0 Å². The van der Waals surface area contributed by atoms with E-state index < -0.39 is 6.04 Å². The minimum absolute atomic E-state index is 0.0543. The molecule has 1 aromatic carbocycles. The van der Waals surface area contributed by atoms with Crippen molar-refractivity contribution in [1.29, 1.82) is 5.26 Å². The maximum Gasteiger partial charge on any atom is 0.254 e. The number of aryl methyl sites for hydroxylation is 1. The summed E-state index contributed by atoms with van der Waals surface area (Å²) in [7, 11) is 0. The molecule has 0 spiro atoms. The summed E-state index contributed by atoms with van der Waals surface area (Å²) in [5.74, 6) is -0.208. The lowest BCUT2D eigenvalue weighted by atomic mass is 9.99. The number of amides is 1. The van der Waals surface area contributed by atoms with Gasteiger partial charge in [0.05, 0.1) is 23.8 Å². The van der Waals surface area contributed by atoms with Gasteiger partial charge in [-0.25, -0.2) is 0 Å². The number of hydrogen-bond donors (Lipinski definition) is 1. The Morgan fingerprint density at radius 2 is 2.32 bits per heavy atom. The number of benzene rings is 1. The zero-order valence-corrected chi connectivity index (χ0v) is 12.4. The summed E-state index contributed by atoms with van der Waals surface area (Å²) in [6, 6.07) is 11.0. The Morgan fingerprint density at radius 1 is 1.45 bits per heavy atom. The molecule has 0 aliphatic carbocycles. The monoisotopic (exact) mass is 295 g/mol. The number of aromatic nitrogens is 1. The smallest absolute Gasteiger partial charge is 0.254 e. The molecule has 1 N–H and O–H groups in total. The minimum atomic E-state index is -0.532. The van der Waals surface area contributed by atoms with Crippen LogP contribution in [-0.4, -0.2) is 30.1 Å².